The first-order chi connectivity index (χ1) is 8.33. The van der Waals surface area contributed by atoms with E-state index < -0.39 is 0 Å². The fraction of sp³-hybridized carbons (Fsp3) is 0.571. The van der Waals surface area contributed by atoms with Crippen molar-refractivity contribution in [2.45, 2.75) is 19.4 Å². The van der Waals surface area contributed by atoms with Gasteiger partial charge in [0.05, 0.1) is 6.61 Å². The Hall–Kier alpha value is -0.900. The predicted octanol–water partition coefficient (Wildman–Crippen LogP) is 1.72. The summed E-state index contributed by atoms with van der Waals surface area (Å²) in [6, 6.07) is 8.86. The van der Waals surface area contributed by atoms with E-state index in [2.05, 4.69) is 36.1 Å². The van der Waals surface area contributed by atoms with Gasteiger partial charge < -0.3 is 10.5 Å². The molecule has 1 unspecified atom stereocenters. The molecule has 3 nitrogen and oxygen atoms in total. The van der Waals surface area contributed by atoms with E-state index in [0.29, 0.717) is 12.6 Å². The highest BCUT2D eigenvalue weighted by Crippen LogP contribution is 2.23. The fourth-order valence-electron chi connectivity index (χ4n) is 2.51. The van der Waals surface area contributed by atoms with Crippen LogP contribution < -0.4 is 5.73 Å². The van der Waals surface area contributed by atoms with Crippen LogP contribution in [0.2, 0.25) is 0 Å². The summed E-state index contributed by atoms with van der Waals surface area (Å²) in [6.07, 6.45) is 1.10. The average molecular weight is 234 g/mol. The van der Waals surface area contributed by atoms with E-state index in [9.17, 15) is 0 Å². The van der Waals surface area contributed by atoms with Crippen LogP contribution in [-0.2, 0) is 4.74 Å². The number of benzene rings is 1. The van der Waals surface area contributed by atoms with E-state index in [1.165, 1.54) is 11.1 Å². The largest absolute Gasteiger partial charge is 0.380 e. The molecule has 2 rings (SSSR count). The van der Waals surface area contributed by atoms with Crippen molar-refractivity contribution in [1.82, 2.24) is 4.90 Å². The van der Waals surface area contributed by atoms with Crippen molar-refractivity contribution in [3.8, 4) is 0 Å². The minimum absolute atomic E-state index is 0.331. The Bertz CT molecular complexity index is 346. The molecule has 0 bridgehead atoms. The summed E-state index contributed by atoms with van der Waals surface area (Å²) in [4.78, 5) is 2.45. The number of hydrogen-bond donors (Lipinski definition) is 1. The van der Waals surface area contributed by atoms with Crippen LogP contribution in [0, 0.1) is 6.92 Å². The zero-order valence-corrected chi connectivity index (χ0v) is 10.6. The van der Waals surface area contributed by atoms with Crippen LogP contribution in [0.1, 0.15) is 23.6 Å². The van der Waals surface area contributed by atoms with E-state index in [0.717, 1.165) is 32.7 Å². The molecule has 0 aliphatic carbocycles. The van der Waals surface area contributed by atoms with Gasteiger partial charge in [-0.25, -0.2) is 0 Å². The summed E-state index contributed by atoms with van der Waals surface area (Å²) in [7, 11) is 0. The lowest BCUT2D eigenvalue weighted by atomic mass is 10.00. The highest BCUT2D eigenvalue weighted by molar-refractivity contribution is 5.29. The Morgan fingerprint density at radius 3 is 2.88 bits per heavy atom. The van der Waals surface area contributed by atoms with Crippen molar-refractivity contribution < 1.29 is 4.74 Å². The molecule has 1 saturated heterocycles. The molecular weight excluding hydrogens is 212 g/mol. The Kier molecular flexibility index (Phi) is 4.54. The number of rotatable bonds is 3. The Balaban J connectivity index is 2.17. The van der Waals surface area contributed by atoms with Crippen LogP contribution in [0.3, 0.4) is 0 Å². The second-order valence-corrected chi connectivity index (χ2v) is 4.61. The van der Waals surface area contributed by atoms with Crippen molar-refractivity contribution in [2.75, 3.05) is 32.8 Å². The molecule has 3 heteroatoms. The smallest absolute Gasteiger partial charge is 0.0593 e. The molecule has 1 heterocycles. The number of aryl methyl sites for hydroxylation is 1. The lowest BCUT2D eigenvalue weighted by Gasteiger charge is -2.30. The van der Waals surface area contributed by atoms with Gasteiger partial charge in [0.2, 0.25) is 0 Å². The van der Waals surface area contributed by atoms with Gasteiger partial charge >= 0.3 is 0 Å². The molecule has 1 aliphatic heterocycles. The summed E-state index contributed by atoms with van der Waals surface area (Å²) < 4.78 is 5.50. The van der Waals surface area contributed by atoms with Gasteiger partial charge in [0, 0.05) is 32.3 Å². The molecule has 17 heavy (non-hydrogen) atoms. The molecule has 0 amide bonds. The Morgan fingerprint density at radius 2 is 2.12 bits per heavy atom. The number of nitrogens with zero attached hydrogens (tertiary/aromatic N) is 1. The van der Waals surface area contributed by atoms with Crippen molar-refractivity contribution in [2.24, 2.45) is 5.73 Å². The molecule has 1 fully saturated rings. The standard InChI is InChI=1S/C14H22N2O/c1-12-5-2-3-6-13(12)14(11-15)16-7-4-9-17-10-8-16/h2-3,5-6,14H,4,7-11,15H2,1H3. The molecule has 0 spiro atoms. The molecule has 1 aromatic carbocycles. The van der Waals surface area contributed by atoms with Gasteiger partial charge in [0.15, 0.2) is 0 Å². The number of nitrogens with two attached hydrogens (primary N) is 1. The van der Waals surface area contributed by atoms with Crippen molar-refractivity contribution in [3.05, 3.63) is 35.4 Å². The maximum absolute atomic E-state index is 5.97. The SMILES string of the molecule is Cc1ccccc1C(CN)N1CCCOCC1. The third kappa shape index (κ3) is 3.06. The maximum Gasteiger partial charge on any atom is 0.0593 e. The van der Waals surface area contributed by atoms with Gasteiger partial charge in [0.1, 0.15) is 0 Å². The van der Waals surface area contributed by atoms with E-state index in [-0.39, 0.29) is 0 Å². The first kappa shape index (κ1) is 12.6. The van der Waals surface area contributed by atoms with Crippen molar-refractivity contribution in [1.29, 1.82) is 0 Å². The Labute approximate surface area is 104 Å². The third-order valence-corrected chi connectivity index (χ3v) is 3.47. The fourth-order valence-corrected chi connectivity index (χ4v) is 2.51. The Morgan fingerprint density at radius 1 is 1.29 bits per heavy atom. The van der Waals surface area contributed by atoms with Crippen LogP contribution in [-0.4, -0.2) is 37.7 Å². The van der Waals surface area contributed by atoms with E-state index in [1.54, 1.807) is 0 Å². The molecule has 1 aromatic rings. The summed E-state index contributed by atoms with van der Waals surface area (Å²) in [5, 5.41) is 0. The van der Waals surface area contributed by atoms with Gasteiger partial charge in [-0.15, -0.1) is 0 Å². The molecule has 0 radical (unpaired) electrons. The summed E-state index contributed by atoms with van der Waals surface area (Å²) in [5.74, 6) is 0. The normalized spacial score (nSPS) is 19.9. The van der Waals surface area contributed by atoms with Crippen LogP contribution >= 0.6 is 0 Å². The van der Waals surface area contributed by atoms with E-state index in [1.807, 2.05) is 0 Å². The maximum atomic E-state index is 5.97. The van der Waals surface area contributed by atoms with Crippen molar-refractivity contribution in [3.63, 3.8) is 0 Å². The second-order valence-electron chi connectivity index (χ2n) is 4.61. The summed E-state index contributed by atoms with van der Waals surface area (Å²) >= 11 is 0. The molecule has 94 valence electrons. The van der Waals surface area contributed by atoms with Crippen LogP contribution in [0.15, 0.2) is 24.3 Å². The second kappa shape index (κ2) is 6.15. The van der Waals surface area contributed by atoms with Gasteiger partial charge in [-0.05, 0) is 24.5 Å². The monoisotopic (exact) mass is 234 g/mol. The molecule has 0 aromatic heterocycles. The van der Waals surface area contributed by atoms with Crippen LogP contribution in [0.5, 0.6) is 0 Å². The summed E-state index contributed by atoms with van der Waals surface area (Å²) in [6.45, 7) is 6.59. The quantitative estimate of drug-likeness (QED) is 0.865. The highest BCUT2D eigenvalue weighted by atomic mass is 16.5. The minimum atomic E-state index is 0.331. The first-order valence-corrected chi connectivity index (χ1v) is 6.40. The zero-order chi connectivity index (χ0) is 12.1. The lowest BCUT2D eigenvalue weighted by molar-refractivity contribution is 0.132. The molecule has 0 saturated carbocycles. The number of hydrogen-bond acceptors (Lipinski definition) is 3. The van der Waals surface area contributed by atoms with Gasteiger partial charge in [-0.3, -0.25) is 4.90 Å². The molecule has 1 atom stereocenters. The average Bonchev–Trinajstić information content (AvgIpc) is 2.62. The van der Waals surface area contributed by atoms with Gasteiger partial charge in [-0.2, -0.15) is 0 Å². The summed E-state index contributed by atoms with van der Waals surface area (Å²) in [5.41, 5.74) is 8.66. The van der Waals surface area contributed by atoms with E-state index in [4.69, 9.17) is 10.5 Å². The lowest BCUT2D eigenvalue weighted by Crippen LogP contribution is -2.36. The zero-order valence-electron chi connectivity index (χ0n) is 10.6. The van der Waals surface area contributed by atoms with Gasteiger partial charge in [0.25, 0.3) is 0 Å². The molecular formula is C14H22N2O. The topological polar surface area (TPSA) is 38.5 Å². The predicted molar refractivity (Wildman–Crippen MR) is 70.0 cm³/mol. The van der Waals surface area contributed by atoms with E-state index >= 15 is 0 Å². The van der Waals surface area contributed by atoms with Crippen molar-refractivity contribution >= 4 is 0 Å². The first-order valence-electron chi connectivity index (χ1n) is 6.40. The van der Waals surface area contributed by atoms with Crippen LogP contribution in [0.25, 0.3) is 0 Å². The molecule has 1 aliphatic rings. The minimum Gasteiger partial charge on any atom is -0.380 e. The highest BCUT2D eigenvalue weighted by Gasteiger charge is 2.21. The van der Waals surface area contributed by atoms with Gasteiger partial charge in [-0.1, -0.05) is 24.3 Å². The van der Waals surface area contributed by atoms with Crippen LogP contribution in [0.4, 0.5) is 0 Å². The third-order valence-electron chi connectivity index (χ3n) is 3.47. The molecule has 2 N–H and O–H groups in total. The number of ether oxygens (including phenoxy) is 1.